The van der Waals surface area contributed by atoms with Crippen LogP contribution in [-0.2, 0) is 17.7 Å². The second-order valence-corrected chi connectivity index (χ2v) is 5.38. The molecule has 1 fully saturated rings. The van der Waals surface area contributed by atoms with Crippen molar-refractivity contribution in [2.75, 3.05) is 13.2 Å². The number of ether oxygens (including phenoxy) is 1. The van der Waals surface area contributed by atoms with Crippen molar-refractivity contribution in [2.24, 2.45) is 0 Å². The van der Waals surface area contributed by atoms with Gasteiger partial charge in [0.05, 0.1) is 12.6 Å². The van der Waals surface area contributed by atoms with Crippen molar-refractivity contribution in [3.63, 3.8) is 0 Å². The van der Waals surface area contributed by atoms with Crippen molar-refractivity contribution in [3.05, 3.63) is 23.7 Å². The quantitative estimate of drug-likeness (QED) is 0.728. The standard InChI is InChI=1S/C16H27NO2/c1-2-14-9-10-16(19-14)13-17-11-6-12-18-15-7-4-3-5-8-15/h9-10,15,17H,2-8,11-13H2,1H3. The van der Waals surface area contributed by atoms with E-state index in [4.69, 9.17) is 9.15 Å². The molecular formula is C16H27NO2. The van der Waals surface area contributed by atoms with E-state index < -0.39 is 0 Å². The number of hydrogen-bond donors (Lipinski definition) is 1. The Balaban J connectivity index is 1.47. The van der Waals surface area contributed by atoms with Crippen LogP contribution in [0.15, 0.2) is 16.5 Å². The molecule has 108 valence electrons. The first kappa shape index (κ1) is 14.6. The molecule has 1 heterocycles. The van der Waals surface area contributed by atoms with Crippen molar-refractivity contribution in [3.8, 4) is 0 Å². The normalized spacial score (nSPS) is 16.9. The summed E-state index contributed by atoms with van der Waals surface area (Å²) < 4.78 is 11.5. The van der Waals surface area contributed by atoms with Gasteiger partial charge in [0.25, 0.3) is 0 Å². The van der Waals surface area contributed by atoms with Gasteiger partial charge in [0.2, 0.25) is 0 Å². The lowest BCUT2D eigenvalue weighted by molar-refractivity contribution is 0.0272. The molecule has 19 heavy (non-hydrogen) atoms. The summed E-state index contributed by atoms with van der Waals surface area (Å²) in [5, 5.41) is 3.40. The van der Waals surface area contributed by atoms with Gasteiger partial charge in [0.1, 0.15) is 11.5 Å². The highest BCUT2D eigenvalue weighted by Crippen LogP contribution is 2.20. The molecule has 3 nitrogen and oxygen atoms in total. The molecule has 0 saturated heterocycles. The second kappa shape index (κ2) is 8.39. The van der Waals surface area contributed by atoms with E-state index in [1.54, 1.807) is 0 Å². The van der Waals surface area contributed by atoms with E-state index in [1.807, 2.05) is 0 Å². The average molecular weight is 265 g/mol. The van der Waals surface area contributed by atoms with Crippen LogP contribution >= 0.6 is 0 Å². The Kier molecular flexibility index (Phi) is 6.45. The van der Waals surface area contributed by atoms with Crippen LogP contribution in [0.3, 0.4) is 0 Å². The maximum absolute atomic E-state index is 5.89. The third-order valence-electron chi connectivity index (χ3n) is 3.77. The fraction of sp³-hybridized carbons (Fsp3) is 0.750. The van der Waals surface area contributed by atoms with Gasteiger partial charge in [-0.3, -0.25) is 0 Å². The molecule has 0 aromatic carbocycles. The van der Waals surface area contributed by atoms with Crippen LogP contribution < -0.4 is 5.32 Å². The predicted molar refractivity (Wildman–Crippen MR) is 77.2 cm³/mol. The first-order chi connectivity index (χ1) is 9.38. The maximum atomic E-state index is 5.89. The van der Waals surface area contributed by atoms with Gasteiger partial charge in [-0.05, 0) is 37.9 Å². The minimum Gasteiger partial charge on any atom is -0.465 e. The molecule has 1 aromatic heterocycles. The lowest BCUT2D eigenvalue weighted by Gasteiger charge is -2.21. The van der Waals surface area contributed by atoms with Crippen LogP contribution in [0.25, 0.3) is 0 Å². The Bertz CT molecular complexity index is 342. The second-order valence-electron chi connectivity index (χ2n) is 5.38. The monoisotopic (exact) mass is 265 g/mol. The highest BCUT2D eigenvalue weighted by molar-refractivity contribution is 5.06. The molecule has 0 unspecified atom stereocenters. The molecule has 1 aliphatic rings. The third kappa shape index (κ3) is 5.37. The van der Waals surface area contributed by atoms with Gasteiger partial charge in [-0.2, -0.15) is 0 Å². The summed E-state index contributed by atoms with van der Waals surface area (Å²) in [6.45, 7) is 4.81. The number of aryl methyl sites for hydroxylation is 1. The Morgan fingerprint density at radius 1 is 1.21 bits per heavy atom. The highest BCUT2D eigenvalue weighted by Gasteiger charge is 2.12. The summed E-state index contributed by atoms with van der Waals surface area (Å²) in [4.78, 5) is 0. The molecule has 0 radical (unpaired) electrons. The molecule has 3 heteroatoms. The van der Waals surface area contributed by atoms with Crippen molar-refractivity contribution in [1.29, 1.82) is 0 Å². The van der Waals surface area contributed by atoms with E-state index in [9.17, 15) is 0 Å². The molecule has 1 saturated carbocycles. The van der Waals surface area contributed by atoms with Crippen molar-refractivity contribution >= 4 is 0 Å². The Labute approximate surface area is 116 Å². The van der Waals surface area contributed by atoms with Crippen molar-refractivity contribution in [2.45, 2.75) is 64.5 Å². The molecule has 2 rings (SSSR count). The summed E-state index contributed by atoms with van der Waals surface area (Å²) in [6.07, 6.45) is 9.20. The van der Waals surface area contributed by atoms with Gasteiger partial charge in [0.15, 0.2) is 0 Å². The molecule has 0 atom stereocenters. The highest BCUT2D eigenvalue weighted by atomic mass is 16.5. The zero-order valence-electron chi connectivity index (χ0n) is 12.1. The average Bonchev–Trinajstić information content (AvgIpc) is 2.92. The minimum absolute atomic E-state index is 0.533. The summed E-state index contributed by atoms with van der Waals surface area (Å²) >= 11 is 0. The number of nitrogens with one attached hydrogen (secondary N) is 1. The Hall–Kier alpha value is -0.800. The van der Waals surface area contributed by atoms with Crippen LogP contribution in [0.4, 0.5) is 0 Å². The molecule has 1 aromatic rings. The van der Waals surface area contributed by atoms with Crippen LogP contribution in [0.1, 0.15) is 57.0 Å². The molecule has 1 aliphatic carbocycles. The van der Waals surface area contributed by atoms with E-state index in [-0.39, 0.29) is 0 Å². The number of rotatable bonds is 8. The molecular weight excluding hydrogens is 238 g/mol. The van der Waals surface area contributed by atoms with E-state index in [0.29, 0.717) is 6.10 Å². The SMILES string of the molecule is CCc1ccc(CNCCCOC2CCCCC2)o1. The van der Waals surface area contributed by atoms with Gasteiger partial charge < -0.3 is 14.5 Å². The third-order valence-corrected chi connectivity index (χ3v) is 3.77. The first-order valence-electron chi connectivity index (χ1n) is 7.78. The Morgan fingerprint density at radius 2 is 2.00 bits per heavy atom. The van der Waals surface area contributed by atoms with Crippen LogP contribution in [0.5, 0.6) is 0 Å². The lowest BCUT2D eigenvalue weighted by atomic mass is 9.98. The van der Waals surface area contributed by atoms with Gasteiger partial charge in [0, 0.05) is 13.0 Å². The fourth-order valence-electron chi connectivity index (χ4n) is 2.60. The Morgan fingerprint density at radius 3 is 2.74 bits per heavy atom. The van der Waals surface area contributed by atoms with Gasteiger partial charge in [-0.15, -0.1) is 0 Å². The summed E-state index contributed by atoms with van der Waals surface area (Å²) in [5.41, 5.74) is 0. The topological polar surface area (TPSA) is 34.4 Å². The molecule has 0 spiro atoms. The van der Waals surface area contributed by atoms with E-state index in [1.165, 1.54) is 32.1 Å². The van der Waals surface area contributed by atoms with Crippen LogP contribution in [0.2, 0.25) is 0 Å². The van der Waals surface area contributed by atoms with Crippen LogP contribution in [-0.4, -0.2) is 19.3 Å². The summed E-state index contributed by atoms with van der Waals surface area (Å²) in [7, 11) is 0. The largest absolute Gasteiger partial charge is 0.465 e. The summed E-state index contributed by atoms with van der Waals surface area (Å²) in [5.74, 6) is 2.10. The fourth-order valence-corrected chi connectivity index (χ4v) is 2.60. The smallest absolute Gasteiger partial charge is 0.117 e. The molecule has 0 bridgehead atoms. The molecule has 0 amide bonds. The molecule has 0 aliphatic heterocycles. The summed E-state index contributed by atoms with van der Waals surface area (Å²) in [6, 6.07) is 4.12. The minimum atomic E-state index is 0.533. The van der Waals surface area contributed by atoms with Crippen molar-refractivity contribution in [1.82, 2.24) is 5.32 Å². The molecule has 1 N–H and O–H groups in total. The van der Waals surface area contributed by atoms with Crippen LogP contribution in [0, 0.1) is 0 Å². The van der Waals surface area contributed by atoms with Gasteiger partial charge in [-0.25, -0.2) is 0 Å². The zero-order valence-corrected chi connectivity index (χ0v) is 12.1. The zero-order chi connectivity index (χ0) is 13.3. The maximum Gasteiger partial charge on any atom is 0.117 e. The van der Waals surface area contributed by atoms with E-state index in [0.717, 1.165) is 44.1 Å². The predicted octanol–water partition coefficient (Wildman–Crippen LogP) is 3.67. The van der Waals surface area contributed by atoms with Gasteiger partial charge in [-0.1, -0.05) is 26.2 Å². The number of hydrogen-bond acceptors (Lipinski definition) is 3. The first-order valence-corrected chi connectivity index (χ1v) is 7.78. The number of furan rings is 1. The van der Waals surface area contributed by atoms with E-state index in [2.05, 4.69) is 24.4 Å². The van der Waals surface area contributed by atoms with Crippen molar-refractivity contribution < 1.29 is 9.15 Å². The van der Waals surface area contributed by atoms with Gasteiger partial charge >= 0.3 is 0 Å². The van der Waals surface area contributed by atoms with E-state index >= 15 is 0 Å². The lowest BCUT2D eigenvalue weighted by Crippen LogP contribution is -2.20.